The molecule has 0 saturated carbocycles. The zero-order valence-corrected chi connectivity index (χ0v) is 23.3. The number of aliphatic imine (C=N–C) groups is 2. The summed E-state index contributed by atoms with van der Waals surface area (Å²) < 4.78 is 8.81. The normalized spacial score (nSPS) is 15.7. The van der Waals surface area contributed by atoms with Gasteiger partial charge in [-0.25, -0.2) is 14.7 Å². The number of para-hydroxylation sites is 3. The van der Waals surface area contributed by atoms with Gasteiger partial charge in [-0.1, -0.05) is 42.5 Å². The van der Waals surface area contributed by atoms with E-state index in [1.165, 1.54) is 5.56 Å². The molecule has 0 bridgehead atoms. The van der Waals surface area contributed by atoms with Crippen molar-refractivity contribution in [2.24, 2.45) is 9.98 Å². The fraction of sp³-hybridized carbons (Fsp3) is 0.129. The minimum atomic E-state index is -0.302. The lowest BCUT2D eigenvalue weighted by molar-refractivity contribution is 0.468. The predicted octanol–water partition coefficient (Wildman–Crippen LogP) is 7.95. The van der Waals surface area contributed by atoms with Gasteiger partial charge < -0.3 is 14.6 Å². The number of aromatic nitrogens is 2. The molecule has 0 spiro atoms. The number of hydrogen-bond acceptors (Lipinski definition) is 6. The quantitative estimate of drug-likeness (QED) is 0.236. The summed E-state index contributed by atoms with van der Waals surface area (Å²) in [5, 5.41) is 8.58. The van der Waals surface area contributed by atoms with Crippen LogP contribution in [0, 0.1) is 20.8 Å². The van der Waals surface area contributed by atoms with E-state index in [1.54, 1.807) is 0 Å². The molecule has 0 aliphatic carbocycles. The third-order valence-electron chi connectivity index (χ3n) is 7.15. The summed E-state index contributed by atoms with van der Waals surface area (Å²) in [4.78, 5) is 12.6. The Morgan fingerprint density at radius 2 is 1.67 bits per heavy atom. The molecule has 3 aromatic carbocycles. The first-order chi connectivity index (χ1) is 19.0. The van der Waals surface area contributed by atoms with Crippen molar-refractivity contribution in [1.29, 1.82) is 0 Å². The summed E-state index contributed by atoms with van der Waals surface area (Å²) in [5.41, 5.74) is 7.92. The van der Waals surface area contributed by atoms with Crippen LogP contribution in [-0.2, 0) is 0 Å². The van der Waals surface area contributed by atoms with Gasteiger partial charge in [0.05, 0.1) is 28.3 Å². The molecule has 5 aromatic rings. The molecule has 0 radical (unpaired) electrons. The van der Waals surface area contributed by atoms with Gasteiger partial charge in [0.2, 0.25) is 0 Å². The summed E-state index contributed by atoms with van der Waals surface area (Å²) in [6.45, 7) is 6.21. The minimum absolute atomic E-state index is 0.302. The Morgan fingerprint density at radius 3 is 2.46 bits per heavy atom. The molecule has 7 nitrogen and oxygen atoms in total. The van der Waals surface area contributed by atoms with Crippen LogP contribution in [-0.4, -0.2) is 21.5 Å². The fourth-order valence-corrected chi connectivity index (χ4v) is 5.61. The number of anilines is 2. The Labute approximate surface area is 234 Å². The maximum atomic E-state index is 6.22. The number of aryl methyl sites for hydroxylation is 3. The molecule has 0 amide bonds. The van der Waals surface area contributed by atoms with E-state index in [0.29, 0.717) is 16.3 Å². The fourth-order valence-electron chi connectivity index (χ4n) is 5.29. The number of nitrogens with one attached hydrogen (secondary N) is 1. The average molecular weight is 577 g/mol. The Morgan fingerprint density at radius 1 is 0.872 bits per heavy atom. The van der Waals surface area contributed by atoms with Gasteiger partial charge in [-0.15, -0.1) is 0 Å². The van der Waals surface area contributed by atoms with E-state index >= 15 is 0 Å². The highest BCUT2D eigenvalue weighted by molar-refractivity contribution is 9.10. The van der Waals surface area contributed by atoms with Gasteiger partial charge in [-0.2, -0.15) is 5.10 Å². The van der Waals surface area contributed by atoms with Gasteiger partial charge in [0.15, 0.2) is 22.2 Å². The van der Waals surface area contributed by atoms with Crippen LogP contribution in [0.1, 0.15) is 34.2 Å². The van der Waals surface area contributed by atoms with E-state index in [1.807, 2.05) is 72.3 Å². The molecule has 2 aliphatic rings. The van der Waals surface area contributed by atoms with E-state index in [2.05, 4.69) is 64.3 Å². The van der Waals surface area contributed by atoms with Crippen molar-refractivity contribution < 1.29 is 4.42 Å². The van der Waals surface area contributed by atoms with Crippen LogP contribution in [0.2, 0.25) is 0 Å². The van der Waals surface area contributed by atoms with Gasteiger partial charge in [0, 0.05) is 5.69 Å². The predicted molar refractivity (Wildman–Crippen MR) is 159 cm³/mol. The van der Waals surface area contributed by atoms with Gasteiger partial charge >= 0.3 is 0 Å². The molecule has 2 aliphatic heterocycles. The summed E-state index contributed by atoms with van der Waals surface area (Å²) in [6, 6.07) is 28.2. The number of rotatable bonds is 3. The van der Waals surface area contributed by atoms with Crippen molar-refractivity contribution in [3.63, 3.8) is 0 Å². The molecular formula is C31H25BrN6O. The minimum Gasteiger partial charge on any atom is -0.452 e. The lowest BCUT2D eigenvalue weighted by Crippen LogP contribution is -2.46. The van der Waals surface area contributed by atoms with Crippen LogP contribution in [0.25, 0.3) is 5.69 Å². The molecular weight excluding hydrogens is 552 g/mol. The van der Waals surface area contributed by atoms with E-state index in [4.69, 9.17) is 19.5 Å². The largest absolute Gasteiger partial charge is 0.452 e. The average Bonchev–Trinajstić information content (AvgIpc) is 3.53. The van der Waals surface area contributed by atoms with Crippen LogP contribution < -0.4 is 10.2 Å². The monoisotopic (exact) mass is 576 g/mol. The number of benzene rings is 3. The van der Waals surface area contributed by atoms with Crippen molar-refractivity contribution in [2.45, 2.75) is 26.8 Å². The number of halogens is 1. The number of furan rings is 1. The maximum Gasteiger partial charge on any atom is 0.179 e. The SMILES string of the molecule is Cc1ccc(C)c(NC2=Nc3ccccc3N3C2=Nc2c(c(C)nn2-c2ccccc2)[C@H]3c2ccc(Br)o2)c1. The van der Waals surface area contributed by atoms with Crippen molar-refractivity contribution >= 4 is 50.5 Å². The third-order valence-corrected chi connectivity index (χ3v) is 7.57. The molecule has 1 atom stereocenters. The first kappa shape index (κ1) is 23.7. The van der Waals surface area contributed by atoms with Crippen LogP contribution in [0.4, 0.5) is 22.9 Å². The second kappa shape index (κ2) is 9.10. The number of amidine groups is 2. The summed E-state index contributed by atoms with van der Waals surface area (Å²) in [7, 11) is 0. The summed E-state index contributed by atoms with van der Waals surface area (Å²) in [6.07, 6.45) is 0. The summed E-state index contributed by atoms with van der Waals surface area (Å²) >= 11 is 3.52. The van der Waals surface area contributed by atoms with E-state index in [-0.39, 0.29) is 6.04 Å². The van der Waals surface area contributed by atoms with Crippen molar-refractivity contribution in [3.8, 4) is 5.69 Å². The lowest BCUT2D eigenvalue weighted by atomic mass is 9.97. The number of fused-ring (bicyclic) bond motifs is 4. The molecule has 39 heavy (non-hydrogen) atoms. The Kier molecular flexibility index (Phi) is 5.52. The molecule has 1 N–H and O–H groups in total. The highest BCUT2D eigenvalue weighted by atomic mass is 79.9. The van der Waals surface area contributed by atoms with Crippen molar-refractivity contribution in [1.82, 2.24) is 9.78 Å². The van der Waals surface area contributed by atoms with E-state index in [9.17, 15) is 0 Å². The molecule has 0 fully saturated rings. The zero-order valence-electron chi connectivity index (χ0n) is 21.7. The van der Waals surface area contributed by atoms with Crippen LogP contribution in [0.15, 0.2) is 104 Å². The van der Waals surface area contributed by atoms with Gasteiger partial charge in [0.25, 0.3) is 0 Å². The number of hydrogen-bond donors (Lipinski definition) is 1. The van der Waals surface area contributed by atoms with Crippen LogP contribution >= 0.6 is 15.9 Å². The third kappa shape index (κ3) is 3.90. The molecule has 8 heteroatoms. The van der Waals surface area contributed by atoms with E-state index in [0.717, 1.165) is 51.1 Å². The first-order valence-electron chi connectivity index (χ1n) is 12.8. The van der Waals surface area contributed by atoms with Gasteiger partial charge in [-0.3, -0.25) is 0 Å². The van der Waals surface area contributed by atoms with Gasteiger partial charge in [0.1, 0.15) is 11.8 Å². The second-order valence-electron chi connectivity index (χ2n) is 9.81. The zero-order chi connectivity index (χ0) is 26.7. The molecule has 4 heterocycles. The van der Waals surface area contributed by atoms with Crippen molar-refractivity contribution in [3.05, 3.63) is 118 Å². The molecule has 0 saturated heterocycles. The Hall–Kier alpha value is -4.43. The van der Waals surface area contributed by atoms with Crippen molar-refractivity contribution in [2.75, 3.05) is 10.2 Å². The highest BCUT2D eigenvalue weighted by Crippen LogP contribution is 2.48. The summed E-state index contributed by atoms with van der Waals surface area (Å²) in [5.74, 6) is 2.92. The maximum absolute atomic E-state index is 6.22. The van der Waals surface area contributed by atoms with Crippen LogP contribution in [0.5, 0.6) is 0 Å². The molecule has 192 valence electrons. The second-order valence-corrected chi connectivity index (χ2v) is 10.6. The smallest absolute Gasteiger partial charge is 0.179 e. The van der Waals surface area contributed by atoms with E-state index < -0.39 is 0 Å². The Bertz CT molecular complexity index is 1800. The lowest BCUT2D eigenvalue weighted by Gasteiger charge is -2.39. The highest BCUT2D eigenvalue weighted by Gasteiger charge is 2.42. The molecule has 2 aromatic heterocycles. The number of nitrogens with zero attached hydrogens (tertiary/aromatic N) is 5. The topological polar surface area (TPSA) is 71.0 Å². The van der Waals surface area contributed by atoms with Crippen LogP contribution in [0.3, 0.4) is 0 Å². The standard InChI is InChI=1S/C31H25BrN6O/c1-18-13-14-19(2)23(17-18)34-29-31-35-30-27(20(3)36-38(30)21-9-5-4-6-10-21)28(25-15-16-26(32)39-25)37(31)24-12-8-7-11-22(24)33-29/h4-17,28H,1-3H3,(H,33,34)/t28-/m1/s1. The Balaban J connectivity index is 1.50. The van der Waals surface area contributed by atoms with Gasteiger partial charge in [-0.05, 0) is 90.3 Å². The molecule has 0 unspecified atom stereocenters. The first-order valence-corrected chi connectivity index (χ1v) is 13.6. The molecule has 7 rings (SSSR count).